The van der Waals surface area contributed by atoms with E-state index >= 15 is 0 Å². The van der Waals surface area contributed by atoms with Gasteiger partial charge in [-0.15, -0.1) is 6.07 Å². The van der Waals surface area contributed by atoms with Crippen molar-refractivity contribution in [1.29, 1.82) is 5.26 Å². The molecule has 0 saturated carbocycles. The van der Waals surface area contributed by atoms with E-state index in [0.29, 0.717) is 0 Å². The largest absolute Gasteiger partial charge is 1.00 e. The number of hydrogen-bond donors (Lipinski definition) is 0. The van der Waals surface area contributed by atoms with E-state index in [1.165, 1.54) is 6.42 Å². The maximum absolute atomic E-state index is 8.19. The molecule has 1 heterocycles. The Labute approximate surface area is 72.1 Å². The summed E-state index contributed by atoms with van der Waals surface area (Å²) in [5.41, 5.74) is 0.847. The first kappa shape index (κ1) is 9.11. The molecular weight excluding hydrogens is 119 g/mol. The quantitative estimate of drug-likeness (QED) is 0.326. The van der Waals surface area contributed by atoms with E-state index < -0.39 is 0 Å². The molecular formula is C7H5LiN2. The van der Waals surface area contributed by atoms with Gasteiger partial charge < -0.3 is 4.98 Å². The number of nitriles is 1. The monoisotopic (exact) mass is 124 g/mol. The predicted molar refractivity (Wildman–Crippen MR) is 33.3 cm³/mol. The molecule has 0 aliphatic heterocycles. The van der Waals surface area contributed by atoms with Crippen LogP contribution in [0.5, 0.6) is 0 Å². The van der Waals surface area contributed by atoms with Gasteiger partial charge in [0.15, 0.2) is 0 Å². The molecule has 1 aromatic rings. The zero-order chi connectivity index (χ0) is 6.53. The fraction of sp³-hybridized carbons (Fsp3) is 0. The van der Waals surface area contributed by atoms with Crippen molar-refractivity contribution in [1.82, 2.24) is 4.98 Å². The third-order valence-corrected chi connectivity index (χ3v) is 0.916. The van der Waals surface area contributed by atoms with Crippen LogP contribution in [0, 0.1) is 17.8 Å². The van der Waals surface area contributed by atoms with Crippen LogP contribution in [-0.4, -0.2) is 4.98 Å². The molecule has 10 heavy (non-hydrogen) atoms. The van der Waals surface area contributed by atoms with Gasteiger partial charge in [0, 0.05) is 6.07 Å². The molecule has 0 unspecified atom stereocenters. The van der Waals surface area contributed by atoms with Crippen LogP contribution < -0.4 is 18.9 Å². The first-order valence-corrected chi connectivity index (χ1v) is 2.56. The van der Waals surface area contributed by atoms with E-state index in [2.05, 4.69) is 4.98 Å². The zero-order valence-electron chi connectivity index (χ0n) is 5.78. The molecule has 0 N–H and O–H groups in total. The van der Waals surface area contributed by atoms with Crippen molar-refractivity contribution in [3.63, 3.8) is 0 Å². The minimum atomic E-state index is 0. The number of rotatable bonds is 1. The Morgan fingerprint density at radius 1 is 1.60 bits per heavy atom. The van der Waals surface area contributed by atoms with Crippen molar-refractivity contribution < 1.29 is 18.9 Å². The Kier molecular flexibility index (Phi) is 4.50. The third kappa shape index (κ3) is 2.60. The van der Waals surface area contributed by atoms with Gasteiger partial charge in [0.2, 0.25) is 0 Å². The summed E-state index contributed by atoms with van der Waals surface area (Å²) in [6.07, 6.45) is 4.77. The molecule has 2 nitrogen and oxygen atoms in total. The van der Waals surface area contributed by atoms with Gasteiger partial charge in [-0.25, -0.2) is 5.26 Å². The van der Waals surface area contributed by atoms with Crippen molar-refractivity contribution in [2.45, 2.75) is 0 Å². The second-order valence-corrected chi connectivity index (χ2v) is 1.56. The Bertz CT molecular complexity index is 215. The molecule has 3 heteroatoms. The van der Waals surface area contributed by atoms with Crippen molar-refractivity contribution in [3.8, 4) is 6.07 Å². The molecule has 1 rings (SSSR count). The fourth-order valence-electron chi connectivity index (χ4n) is 0.536. The van der Waals surface area contributed by atoms with Gasteiger partial charge in [0.1, 0.15) is 0 Å². The molecule has 0 spiro atoms. The molecule has 0 atom stereocenters. The minimum absolute atomic E-state index is 0. The Balaban J connectivity index is 0.000000810. The maximum Gasteiger partial charge on any atom is 1.00 e. The van der Waals surface area contributed by atoms with Crippen molar-refractivity contribution in [2.24, 2.45) is 0 Å². The van der Waals surface area contributed by atoms with Crippen LogP contribution in [0.4, 0.5) is 0 Å². The van der Waals surface area contributed by atoms with Gasteiger partial charge in [-0.2, -0.15) is 11.6 Å². The van der Waals surface area contributed by atoms with Gasteiger partial charge in [-0.1, -0.05) is 12.6 Å². The van der Waals surface area contributed by atoms with Gasteiger partial charge in [0.05, 0.1) is 0 Å². The number of hydrogen-bond acceptors (Lipinski definition) is 2. The zero-order valence-corrected chi connectivity index (χ0v) is 5.78. The molecule has 0 amide bonds. The van der Waals surface area contributed by atoms with E-state index in [1.54, 1.807) is 18.5 Å². The average molecular weight is 124 g/mol. The summed E-state index contributed by atoms with van der Waals surface area (Å²) in [4.78, 5) is 3.82. The Morgan fingerprint density at radius 3 is 2.90 bits per heavy atom. The first-order valence-electron chi connectivity index (χ1n) is 2.56. The summed E-state index contributed by atoms with van der Waals surface area (Å²) in [6.45, 7) is 0. The maximum atomic E-state index is 8.19. The van der Waals surface area contributed by atoms with Crippen LogP contribution >= 0.6 is 0 Å². The second-order valence-electron chi connectivity index (χ2n) is 1.56. The third-order valence-electron chi connectivity index (χ3n) is 0.916. The van der Waals surface area contributed by atoms with Gasteiger partial charge in [-0.3, -0.25) is 0 Å². The number of aromatic nitrogens is 1. The fourth-order valence-corrected chi connectivity index (χ4v) is 0.536. The van der Waals surface area contributed by atoms with Crippen molar-refractivity contribution >= 4 is 0 Å². The SMILES string of the molecule is N#C[CH-]c1cccnc1.[Li+]. The molecule has 0 saturated heterocycles. The normalized spacial score (nSPS) is 7.10. The molecule has 0 bridgehead atoms. The van der Waals surface area contributed by atoms with E-state index in [1.807, 2.05) is 12.1 Å². The Hall–Kier alpha value is -0.893. The summed E-state index contributed by atoms with van der Waals surface area (Å²) in [7, 11) is 0. The van der Waals surface area contributed by atoms with Crippen molar-refractivity contribution in [2.75, 3.05) is 0 Å². The summed E-state index contributed by atoms with van der Waals surface area (Å²) in [5, 5.41) is 8.19. The molecule has 0 aliphatic rings. The van der Waals surface area contributed by atoms with Gasteiger partial charge in [-0.05, 0) is 6.20 Å². The second kappa shape index (κ2) is 4.94. The van der Waals surface area contributed by atoms with Crippen LogP contribution in [0.1, 0.15) is 5.56 Å². The van der Waals surface area contributed by atoms with Crippen LogP contribution in [0.2, 0.25) is 0 Å². The van der Waals surface area contributed by atoms with Crippen LogP contribution in [-0.2, 0) is 0 Å². The Morgan fingerprint density at radius 2 is 2.40 bits per heavy atom. The number of nitrogens with zero attached hydrogens (tertiary/aromatic N) is 2. The molecule has 1 aromatic heterocycles. The van der Waals surface area contributed by atoms with E-state index in [-0.39, 0.29) is 18.9 Å². The summed E-state index contributed by atoms with van der Waals surface area (Å²) >= 11 is 0. The average Bonchev–Trinajstić information content (AvgIpc) is 1.91. The molecule has 44 valence electrons. The van der Waals surface area contributed by atoms with Crippen LogP contribution in [0.3, 0.4) is 0 Å². The molecule has 0 aromatic carbocycles. The van der Waals surface area contributed by atoms with Gasteiger partial charge in [0.25, 0.3) is 0 Å². The van der Waals surface area contributed by atoms with Crippen LogP contribution in [0.15, 0.2) is 24.5 Å². The molecule has 0 fully saturated rings. The minimum Gasteiger partial charge on any atom is -0.329 e. The van der Waals surface area contributed by atoms with Crippen molar-refractivity contribution in [3.05, 3.63) is 36.5 Å². The smallest absolute Gasteiger partial charge is 0.329 e. The molecule has 0 aliphatic carbocycles. The van der Waals surface area contributed by atoms with E-state index in [9.17, 15) is 0 Å². The van der Waals surface area contributed by atoms with E-state index in [0.717, 1.165) is 5.56 Å². The van der Waals surface area contributed by atoms with Gasteiger partial charge >= 0.3 is 18.9 Å². The number of pyridine rings is 1. The van der Waals surface area contributed by atoms with E-state index in [4.69, 9.17) is 5.26 Å². The van der Waals surface area contributed by atoms with Crippen LogP contribution in [0.25, 0.3) is 0 Å². The predicted octanol–water partition coefficient (Wildman–Crippen LogP) is -1.84. The molecule has 0 radical (unpaired) electrons. The summed E-state index contributed by atoms with van der Waals surface area (Å²) in [6, 6.07) is 5.54. The summed E-state index contributed by atoms with van der Waals surface area (Å²) in [5.74, 6) is 0. The first-order chi connectivity index (χ1) is 4.43. The summed E-state index contributed by atoms with van der Waals surface area (Å²) < 4.78 is 0. The standard InChI is InChI=1S/C7H5N2.Li/c8-4-3-7-2-1-5-9-6-7;/h1-3,5-6H;/q-1;+1. The topological polar surface area (TPSA) is 36.7 Å².